The minimum Gasteiger partial charge on any atom is -0.496 e. The van der Waals surface area contributed by atoms with Gasteiger partial charge in [0.05, 0.1) is 24.1 Å². The third-order valence-electron chi connectivity index (χ3n) is 7.11. The molecule has 3 rings (SSSR count). The molecule has 0 aliphatic carbocycles. The average Bonchev–Trinajstić information content (AvgIpc) is 3.48. The number of aryl methyl sites for hydroxylation is 2. The summed E-state index contributed by atoms with van der Waals surface area (Å²) in [5.41, 5.74) is 16.0. The summed E-state index contributed by atoms with van der Waals surface area (Å²) >= 11 is 1.28. The van der Waals surface area contributed by atoms with Crippen molar-refractivity contribution in [2.45, 2.75) is 70.0 Å². The van der Waals surface area contributed by atoms with Gasteiger partial charge in [0.25, 0.3) is 10.0 Å². The number of nitrogens with one attached hydrogen (secondary N) is 2. The Morgan fingerprint density at radius 2 is 1.88 bits per heavy atom. The number of benzene rings is 2. The van der Waals surface area contributed by atoms with Crippen LogP contribution in [0.4, 0.5) is 0 Å². The molecule has 0 saturated carbocycles. The van der Waals surface area contributed by atoms with Crippen LogP contribution in [0, 0.1) is 27.7 Å². The molecule has 0 fully saturated rings. The van der Waals surface area contributed by atoms with Crippen LogP contribution in [-0.2, 0) is 21.2 Å². The zero-order valence-electron chi connectivity index (χ0n) is 24.5. The Bertz CT molecular complexity index is 1510. The summed E-state index contributed by atoms with van der Waals surface area (Å²) in [6.45, 7) is 7.30. The summed E-state index contributed by atoms with van der Waals surface area (Å²) in [7, 11) is -2.47. The number of carbonyl (C=O) groups excluding carboxylic acids is 1. The number of aliphatic hydroxyl groups is 1. The molecular formula is C29H40N6O5S2. The van der Waals surface area contributed by atoms with E-state index in [1.54, 1.807) is 38.4 Å². The van der Waals surface area contributed by atoms with Crippen molar-refractivity contribution in [3.8, 4) is 5.75 Å². The monoisotopic (exact) mass is 616 g/mol. The fourth-order valence-corrected chi connectivity index (χ4v) is 6.87. The number of aliphatic hydroxyl groups excluding tert-OH is 1. The summed E-state index contributed by atoms with van der Waals surface area (Å²) in [6, 6.07) is 7.88. The van der Waals surface area contributed by atoms with E-state index in [1.165, 1.54) is 18.4 Å². The molecule has 228 valence electrons. The van der Waals surface area contributed by atoms with Crippen LogP contribution in [0.1, 0.15) is 51.8 Å². The van der Waals surface area contributed by atoms with Crippen molar-refractivity contribution in [2.75, 3.05) is 13.7 Å². The Morgan fingerprint density at radius 1 is 1.17 bits per heavy atom. The first-order chi connectivity index (χ1) is 19.9. The first-order valence-electron chi connectivity index (χ1n) is 13.5. The van der Waals surface area contributed by atoms with Crippen LogP contribution in [0.5, 0.6) is 5.75 Å². The lowest BCUT2D eigenvalue weighted by Crippen LogP contribution is -2.48. The second-order valence-corrected chi connectivity index (χ2v) is 12.7. The van der Waals surface area contributed by atoms with Crippen molar-refractivity contribution in [2.24, 2.45) is 16.5 Å². The van der Waals surface area contributed by atoms with Gasteiger partial charge in [-0.1, -0.05) is 24.3 Å². The number of nitrogens with zero attached hydrogens (tertiary/aromatic N) is 2. The van der Waals surface area contributed by atoms with E-state index in [-0.39, 0.29) is 17.4 Å². The third-order valence-corrected chi connectivity index (χ3v) is 9.60. The molecule has 3 aromatic rings. The van der Waals surface area contributed by atoms with Gasteiger partial charge in [0.2, 0.25) is 11.9 Å². The van der Waals surface area contributed by atoms with Gasteiger partial charge in [-0.15, -0.1) is 11.3 Å². The van der Waals surface area contributed by atoms with Crippen molar-refractivity contribution < 1.29 is 23.1 Å². The van der Waals surface area contributed by atoms with Gasteiger partial charge in [-0.05, 0) is 80.8 Å². The topological polar surface area (TPSA) is 182 Å². The number of guanidine groups is 1. The number of carbonyl (C=O) groups is 1. The van der Waals surface area contributed by atoms with Crippen LogP contribution in [0.2, 0.25) is 0 Å². The lowest BCUT2D eigenvalue weighted by atomic mass is 10.00. The number of methoxy groups -OCH3 is 1. The van der Waals surface area contributed by atoms with Gasteiger partial charge in [-0.25, -0.2) is 18.1 Å². The summed E-state index contributed by atoms with van der Waals surface area (Å²) < 4.78 is 33.9. The van der Waals surface area contributed by atoms with E-state index in [1.807, 2.05) is 31.2 Å². The number of hydrogen-bond donors (Lipinski definition) is 5. The van der Waals surface area contributed by atoms with E-state index >= 15 is 0 Å². The molecule has 0 radical (unpaired) electrons. The highest BCUT2D eigenvalue weighted by molar-refractivity contribution is 7.90. The standard InChI is InChI=1S/C29H40N6O5S2/c1-17-9-6-7-10-21(17)16-22(30)27(37)34-23(25(36)28-32-13-14-41-28)11-8-12-33-29(31)35-42(38,39)26-18(2)15-24(40-5)19(3)20(26)4/h6-7,9-10,13-15,22-23,25,36H,8,11-12,16,30H2,1-5H3,(H,34,37)(H3,31,33,35)/t22-,23-,25?/m0/s1. The molecule has 42 heavy (non-hydrogen) atoms. The van der Waals surface area contributed by atoms with E-state index in [0.29, 0.717) is 46.7 Å². The van der Waals surface area contributed by atoms with Gasteiger partial charge >= 0.3 is 0 Å². The van der Waals surface area contributed by atoms with E-state index in [4.69, 9.17) is 16.2 Å². The second-order valence-electron chi connectivity index (χ2n) is 10.2. The largest absolute Gasteiger partial charge is 0.496 e. The quantitative estimate of drug-likeness (QED) is 0.110. The number of sulfonamides is 1. The van der Waals surface area contributed by atoms with Crippen LogP contribution in [0.25, 0.3) is 0 Å². The molecule has 7 N–H and O–H groups in total. The number of thiazole rings is 1. The first kappa shape index (κ1) is 33.0. The van der Waals surface area contributed by atoms with E-state index < -0.39 is 34.1 Å². The van der Waals surface area contributed by atoms with Crippen LogP contribution in [0.15, 0.2) is 51.8 Å². The normalized spacial score (nSPS) is 14.2. The molecule has 13 heteroatoms. The van der Waals surface area contributed by atoms with Crippen LogP contribution >= 0.6 is 11.3 Å². The van der Waals surface area contributed by atoms with Crippen molar-refractivity contribution in [3.63, 3.8) is 0 Å². The lowest BCUT2D eigenvalue weighted by Gasteiger charge is -2.24. The molecule has 1 unspecified atom stereocenters. The molecule has 1 aromatic heterocycles. The fourth-order valence-electron chi connectivity index (χ4n) is 4.70. The van der Waals surface area contributed by atoms with Gasteiger partial charge in [0.1, 0.15) is 16.9 Å². The Hall–Kier alpha value is -3.52. The summed E-state index contributed by atoms with van der Waals surface area (Å²) in [4.78, 5) is 21.5. The highest BCUT2D eigenvalue weighted by Gasteiger charge is 2.27. The Labute approximate surface area is 251 Å². The summed E-state index contributed by atoms with van der Waals surface area (Å²) in [5, 5.41) is 16.0. The highest BCUT2D eigenvalue weighted by atomic mass is 32.2. The minimum absolute atomic E-state index is 0.121. The smallest absolute Gasteiger partial charge is 0.264 e. The molecule has 3 atom stereocenters. The molecule has 1 heterocycles. The molecule has 0 aliphatic heterocycles. The van der Waals surface area contributed by atoms with Crippen molar-refractivity contribution in [1.29, 1.82) is 0 Å². The minimum atomic E-state index is -4.00. The number of rotatable bonds is 13. The van der Waals surface area contributed by atoms with E-state index in [0.717, 1.165) is 11.1 Å². The lowest BCUT2D eigenvalue weighted by molar-refractivity contribution is -0.124. The van der Waals surface area contributed by atoms with Gasteiger partial charge in [-0.3, -0.25) is 9.79 Å². The number of amides is 1. The predicted molar refractivity (Wildman–Crippen MR) is 165 cm³/mol. The SMILES string of the molecule is COc1cc(C)c(S(=O)(=O)NC(N)=NCCC[C@H](NC(=O)[C@@H](N)Cc2ccccc2C)C(O)c2nccs2)c(C)c1C. The van der Waals surface area contributed by atoms with Gasteiger partial charge in [0, 0.05) is 18.1 Å². The number of aromatic nitrogens is 1. The zero-order chi connectivity index (χ0) is 31.0. The zero-order valence-corrected chi connectivity index (χ0v) is 26.2. The molecule has 2 aromatic carbocycles. The van der Waals surface area contributed by atoms with Crippen molar-refractivity contribution >= 4 is 33.2 Å². The molecule has 0 saturated heterocycles. The molecule has 0 bridgehead atoms. The maximum atomic E-state index is 13.1. The first-order valence-corrected chi connectivity index (χ1v) is 15.9. The maximum absolute atomic E-state index is 13.1. The molecule has 11 nitrogen and oxygen atoms in total. The van der Waals surface area contributed by atoms with Gasteiger partial charge in [-0.2, -0.15) is 0 Å². The summed E-state index contributed by atoms with van der Waals surface area (Å²) in [6.07, 6.45) is 1.60. The molecule has 0 spiro atoms. The average molecular weight is 617 g/mol. The molecule has 0 aliphatic rings. The Morgan fingerprint density at radius 3 is 2.52 bits per heavy atom. The number of nitrogens with two attached hydrogens (primary N) is 2. The molecule has 1 amide bonds. The van der Waals surface area contributed by atoms with E-state index in [9.17, 15) is 18.3 Å². The summed E-state index contributed by atoms with van der Waals surface area (Å²) in [5.74, 6) is -0.0537. The van der Waals surface area contributed by atoms with Gasteiger partial charge in [0.15, 0.2) is 0 Å². The number of ether oxygens (including phenoxy) is 1. The maximum Gasteiger partial charge on any atom is 0.264 e. The number of hydrogen-bond acceptors (Lipinski definition) is 9. The molecular weight excluding hydrogens is 576 g/mol. The number of aliphatic imine (C=N–C) groups is 1. The van der Waals surface area contributed by atoms with Crippen LogP contribution in [0.3, 0.4) is 0 Å². The van der Waals surface area contributed by atoms with E-state index in [2.05, 4.69) is 20.0 Å². The van der Waals surface area contributed by atoms with Crippen molar-refractivity contribution in [3.05, 3.63) is 74.7 Å². The third kappa shape index (κ3) is 8.28. The predicted octanol–water partition coefficient (Wildman–Crippen LogP) is 2.55. The van der Waals surface area contributed by atoms with Crippen molar-refractivity contribution in [1.82, 2.24) is 15.0 Å². The Balaban J connectivity index is 1.65. The fraction of sp³-hybridized carbons (Fsp3) is 0.414. The van der Waals surface area contributed by atoms with Crippen LogP contribution < -0.4 is 26.2 Å². The van der Waals surface area contributed by atoms with Gasteiger partial charge < -0.3 is 26.6 Å². The Kier molecular flexibility index (Phi) is 11.5. The highest BCUT2D eigenvalue weighted by Crippen LogP contribution is 2.30. The van der Waals surface area contributed by atoms with Crippen LogP contribution in [-0.4, -0.2) is 56.1 Å². The second kappa shape index (κ2) is 14.6.